The molecule has 0 aliphatic heterocycles. The van der Waals surface area contributed by atoms with E-state index in [0.29, 0.717) is 6.51 Å². The van der Waals surface area contributed by atoms with Crippen LogP contribution < -0.4 is 0 Å². The van der Waals surface area contributed by atoms with E-state index < -0.39 is 0 Å². The SMILES string of the molecule is BCOOOO. The fraction of sp³-hybridized carbons (Fsp3) is 1.00. The third-order valence-corrected chi connectivity index (χ3v) is 0.196. The molecule has 0 fully saturated rings. The van der Waals surface area contributed by atoms with Gasteiger partial charge < -0.3 is 0 Å². The molecule has 5 heteroatoms. The van der Waals surface area contributed by atoms with Crippen molar-refractivity contribution in [2.24, 2.45) is 0 Å². The summed E-state index contributed by atoms with van der Waals surface area (Å²) in [5, 5.41) is 13.9. The largest absolute Gasteiger partial charge is 0.219 e. The molecule has 4 nitrogen and oxygen atoms in total. The lowest BCUT2D eigenvalue weighted by Gasteiger charge is -1.88. The van der Waals surface area contributed by atoms with Crippen molar-refractivity contribution in [3.05, 3.63) is 0 Å². The van der Waals surface area contributed by atoms with Crippen molar-refractivity contribution >= 4 is 7.85 Å². The van der Waals surface area contributed by atoms with E-state index in [1.807, 2.05) is 0 Å². The van der Waals surface area contributed by atoms with Gasteiger partial charge in [0.05, 0.1) is 6.51 Å². The Kier molecular flexibility index (Phi) is 4.83. The standard InChI is InChI=1S/CH5BO4/c2-1-4-6-5-3/h3H,1-2H2. The molecule has 0 aromatic rings. The van der Waals surface area contributed by atoms with Crippen LogP contribution in [0.2, 0.25) is 0 Å². The summed E-state index contributed by atoms with van der Waals surface area (Å²) < 4.78 is 0. The van der Waals surface area contributed by atoms with Gasteiger partial charge in [-0.3, -0.25) is 0 Å². The first-order valence-electron chi connectivity index (χ1n) is 1.51. The zero-order valence-electron chi connectivity index (χ0n) is 3.38. The second-order valence-corrected chi connectivity index (χ2v) is 0.549. The summed E-state index contributed by atoms with van der Waals surface area (Å²) >= 11 is 0. The van der Waals surface area contributed by atoms with Crippen LogP contribution in [0.25, 0.3) is 0 Å². The zero-order valence-corrected chi connectivity index (χ0v) is 3.38. The highest BCUT2D eigenvalue weighted by Gasteiger charge is 1.74. The molecule has 0 unspecified atom stereocenters. The Morgan fingerprint density at radius 2 is 2.33 bits per heavy atom. The highest BCUT2D eigenvalue weighted by Crippen LogP contribution is 1.69. The van der Waals surface area contributed by atoms with Gasteiger partial charge in [0.15, 0.2) is 0 Å². The van der Waals surface area contributed by atoms with Gasteiger partial charge in [-0.1, -0.05) is 0 Å². The first kappa shape index (κ1) is 5.90. The van der Waals surface area contributed by atoms with Gasteiger partial charge in [0, 0.05) is 0 Å². The van der Waals surface area contributed by atoms with E-state index in [-0.39, 0.29) is 0 Å². The lowest BCUT2D eigenvalue weighted by atomic mass is 10.2. The minimum atomic E-state index is 0.348. The Balaban J connectivity index is 2.34. The molecule has 0 radical (unpaired) electrons. The average molecular weight is 91.9 g/mol. The van der Waals surface area contributed by atoms with Crippen LogP contribution >= 0.6 is 0 Å². The minimum Gasteiger partial charge on any atom is -0.219 e. The molecule has 0 aliphatic carbocycles. The molecule has 0 rings (SSSR count). The highest BCUT2D eigenvalue weighted by molar-refractivity contribution is 6.08. The number of rotatable bonds is 3. The summed E-state index contributed by atoms with van der Waals surface area (Å²) in [5.74, 6) is 0. The second-order valence-electron chi connectivity index (χ2n) is 0.549. The molecular formula is CH5BO4. The molecule has 0 amide bonds. The molecule has 0 bridgehead atoms. The number of hydrogen-bond donors (Lipinski definition) is 1. The minimum absolute atomic E-state index is 0.348. The maximum atomic E-state index is 7.35. The summed E-state index contributed by atoms with van der Waals surface area (Å²) in [6, 6.07) is 0. The molecule has 6 heavy (non-hydrogen) atoms. The van der Waals surface area contributed by atoms with E-state index in [1.54, 1.807) is 7.85 Å². The predicted octanol–water partition coefficient (Wildman–Crippen LogP) is -1.07. The maximum Gasteiger partial charge on any atom is 0.139 e. The fourth-order valence-corrected chi connectivity index (χ4v) is 0.0696. The third-order valence-electron chi connectivity index (χ3n) is 0.196. The summed E-state index contributed by atoms with van der Waals surface area (Å²) in [6.07, 6.45) is 0. The van der Waals surface area contributed by atoms with Crippen molar-refractivity contribution in [2.75, 3.05) is 6.51 Å². The Morgan fingerprint density at radius 1 is 1.67 bits per heavy atom. The molecule has 0 atom stereocenters. The highest BCUT2D eigenvalue weighted by atomic mass is 17.6. The van der Waals surface area contributed by atoms with Crippen LogP contribution in [0.4, 0.5) is 0 Å². The van der Waals surface area contributed by atoms with Crippen LogP contribution in [0.5, 0.6) is 0 Å². The summed E-state index contributed by atoms with van der Waals surface area (Å²) in [5.41, 5.74) is 0. The van der Waals surface area contributed by atoms with Crippen LogP contribution in [0.1, 0.15) is 0 Å². The quantitative estimate of drug-likeness (QED) is 0.208. The van der Waals surface area contributed by atoms with Crippen molar-refractivity contribution in [2.45, 2.75) is 0 Å². The molecule has 0 aliphatic rings. The van der Waals surface area contributed by atoms with Gasteiger partial charge in [0.25, 0.3) is 0 Å². The topological polar surface area (TPSA) is 47.9 Å². The van der Waals surface area contributed by atoms with E-state index in [2.05, 4.69) is 15.0 Å². The molecule has 0 heterocycles. The summed E-state index contributed by atoms with van der Waals surface area (Å²) in [4.78, 5) is 4.01. The van der Waals surface area contributed by atoms with Crippen molar-refractivity contribution in [1.29, 1.82) is 0 Å². The van der Waals surface area contributed by atoms with Gasteiger partial charge in [0.1, 0.15) is 7.85 Å². The van der Waals surface area contributed by atoms with E-state index in [9.17, 15) is 0 Å². The molecule has 0 saturated heterocycles. The fourth-order valence-electron chi connectivity index (χ4n) is 0.0696. The zero-order chi connectivity index (χ0) is 4.83. The molecule has 36 valence electrons. The first-order chi connectivity index (χ1) is 2.91. The Bertz CT molecular complexity index is 19.5. The third kappa shape index (κ3) is 3.90. The van der Waals surface area contributed by atoms with Crippen LogP contribution in [-0.4, -0.2) is 19.6 Å². The van der Waals surface area contributed by atoms with Gasteiger partial charge in [-0.15, -0.1) is 0 Å². The normalized spacial score (nSPS) is 8.83. The molecule has 0 saturated carbocycles. The van der Waals surface area contributed by atoms with E-state index in [1.165, 1.54) is 0 Å². The summed E-state index contributed by atoms with van der Waals surface area (Å²) in [7, 11) is 1.69. The van der Waals surface area contributed by atoms with Gasteiger partial charge in [-0.05, 0) is 10.1 Å². The number of hydrogen-bond acceptors (Lipinski definition) is 4. The lowest BCUT2D eigenvalue weighted by Crippen LogP contribution is -1.93. The molecule has 0 spiro atoms. The first-order valence-corrected chi connectivity index (χ1v) is 1.51. The van der Waals surface area contributed by atoms with Crippen molar-refractivity contribution in [3.63, 3.8) is 0 Å². The van der Waals surface area contributed by atoms with Crippen LogP contribution in [0.15, 0.2) is 0 Å². The van der Waals surface area contributed by atoms with Crippen LogP contribution in [0.3, 0.4) is 0 Å². The van der Waals surface area contributed by atoms with Gasteiger partial charge >= 0.3 is 0 Å². The van der Waals surface area contributed by atoms with Gasteiger partial charge in [-0.2, -0.15) is 0 Å². The lowest BCUT2D eigenvalue weighted by molar-refractivity contribution is -0.619. The van der Waals surface area contributed by atoms with Crippen molar-refractivity contribution in [1.82, 2.24) is 0 Å². The Labute approximate surface area is 35.8 Å². The van der Waals surface area contributed by atoms with Gasteiger partial charge in [0.2, 0.25) is 0 Å². The molecule has 0 aromatic heterocycles. The Morgan fingerprint density at radius 3 is 2.50 bits per heavy atom. The van der Waals surface area contributed by atoms with E-state index in [0.717, 1.165) is 0 Å². The maximum absolute atomic E-state index is 7.35. The molecular weight excluding hydrogens is 86.8 g/mol. The summed E-state index contributed by atoms with van der Waals surface area (Å²) in [6.45, 7) is 0.348. The Hall–Kier alpha value is -0.0951. The van der Waals surface area contributed by atoms with Crippen LogP contribution in [0, 0.1) is 0 Å². The molecule has 1 N–H and O–H groups in total. The van der Waals surface area contributed by atoms with Gasteiger partial charge in [-0.25, -0.2) is 10.1 Å². The molecule has 0 aromatic carbocycles. The monoisotopic (exact) mass is 92.0 g/mol. The second kappa shape index (κ2) is 4.90. The van der Waals surface area contributed by atoms with E-state index >= 15 is 0 Å². The van der Waals surface area contributed by atoms with Crippen molar-refractivity contribution < 1.29 is 20.2 Å². The predicted molar refractivity (Wildman–Crippen MR) is 19.3 cm³/mol. The van der Waals surface area contributed by atoms with E-state index in [4.69, 9.17) is 5.26 Å². The van der Waals surface area contributed by atoms with Crippen molar-refractivity contribution in [3.8, 4) is 0 Å². The van der Waals surface area contributed by atoms with Crippen LogP contribution in [-0.2, 0) is 15.0 Å². The smallest absolute Gasteiger partial charge is 0.139 e. The average Bonchev–Trinajstić information content (AvgIpc) is 1.61.